The second kappa shape index (κ2) is 9.58. The van der Waals surface area contributed by atoms with Gasteiger partial charge in [-0.3, -0.25) is 14.2 Å². The van der Waals surface area contributed by atoms with E-state index in [0.29, 0.717) is 49.3 Å². The summed E-state index contributed by atoms with van der Waals surface area (Å²) in [6.07, 6.45) is 2.73. The molecule has 7 heteroatoms. The summed E-state index contributed by atoms with van der Waals surface area (Å²) in [7, 11) is 0. The van der Waals surface area contributed by atoms with Gasteiger partial charge in [-0.15, -0.1) is 0 Å². The Balaban J connectivity index is 1.36. The summed E-state index contributed by atoms with van der Waals surface area (Å²) < 4.78 is 1.43. The molecule has 1 fully saturated rings. The van der Waals surface area contributed by atoms with Gasteiger partial charge in [-0.1, -0.05) is 55.5 Å². The summed E-state index contributed by atoms with van der Waals surface area (Å²) in [6.45, 7) is 3.14. The van der Waals surface area contributed by atoms with Gasteiger partial charge in [0.05, 0.1) is 24.2 Å². The van der Waals surface area contributed by atoms with Gasteiger partial charge in [0.25, 0.3) is 5.56 Å². The van der Waals surface area contributed by atoms with Crippen LogP contribution in [0.25, 0.3) is 11.3 Å². The molecule has 0 aliphatic carbocycles. The van der Waals surface area contributed by atoms with Gasteiger partial charge < -0.3 is 15.7 Å². The number of piperidine rings is 1. The molecule has 2 heterocycles. The molecule has 1 aliphatic rings. The zero-order valence-corrected chi connectivity index (χ0v) is 18.9. The number of carbonyl (C=O) groups excluding carboxylic acids is 1. The van der Waals surface area contributed by atoms with Crippen LogP contribution in [-0.2, 0) is 11.3 Å². The minimum absolute atomic E-state index is 0.0945. The van der Waals surface area contributed by atoms with Crippen LogP contribution in [0.15, 0.2) is 71.8 Å². The molecule has 172 valence electrons. The second-order valence-electron chi connectivity index (χ2n) is 8.95. The van der Waals surface area contributed by atoms with Crippen LogP contribution in [0.1, 0.15) is 37.7 Å². The number of nitrogens with zero attached hydrogens (tertiary/aromatic N) is 3. The Morgan fingerprint density at radius 3 is 2.45 bits per heavy atom. The second-order valence-corrected chi connectivity index (χ2v) is 8.95. The highest BCUT2D eigenvalue weighted by Gasteiger charge is 2.34. The van der Waals surface area contributed by atoms with Gasteiger partial charge in [-0.2, -0.15) is 0 Å². The molecule has 4 rings (SSSR count). The molecule has 1 unspecified atom stereocenters. The Morgan fingerprint density at radius 2 is 1.79 bits per heavy atom. The molecular weight excluding hydrogens is 416 g/mol. The summed E-state index contributed by atoms with van der Waals surface area (Å²) in [5, 5.41) is 11.1. The van der Waals surface area contributed by atoms with E-state index in [1.165, 1.54) is 17.0 Å². The van der Waals surface area contributed by atoms with Crippen molar-refractivity contribution in [3.63, 3.8) is 0 Å². The van der Waals surface area contributed by atoms with Crippen LogP contribution in [0.3, 0.4) is 0 Å². The van der Waals surface area contributed by atoms with E-state index in [1.807, 2.05) is 53.4 Å². The number of nitrogen functional groups attached to an aromatic ring is 1. The van der Waals surface area contributed by atoms with Crippen LogP contribution in [0.4, 0.5) is 5.69 Å². The molecule has 2 aromatic carbocycles. The Labute approximate surface area is 193 Å². The van der Waals surface area contributed by atoms with Crippen molar-refractivity contribution in [2.24, 2.45) is 0 Å². The van der Waals surface area contributed by atoms with Crippen molar-refractivity contribution in [1.82, 2.24) is 14.5 Å². The topological polar surface area (TPSA) is 101 Å². The number of benzene rings is 2. The lowest BCUT2D eigenvalue weighted by Crippen LogP contribution is -2.49. The van der Waals surface area contributed by atoms with Crippen LogP contribution in [0.5, 0.6) is 0 Å². The number of para-hydroxylation sites is 1. The van der Waals surface area contributed by atoms with E-state index in [9.17, 15) is 14.7 Å². The van der Waals surface area contributed by atoms with E-state index in [1.54, 1.807) is 6.07 Å². The van der Waals surface area contributed by atoms with Gasteiger partial charge in [0.15, 0.2) is 0 Å². The molecule has 1 aliphatic heterocycles. The van der Waals surface area contributed by atoms with E-state index in [0.717, 1.165) is 5.56 Å². The predicted molar refractivity (Wildman–Crippen MR) is 129 cm³/mol. The highest BCUT2D eigenvalue weighted by atomic mass is 16.3. The summed E-state index contributed by atoms with van der Waals surface area (Å²) in [5.41, 5.74) is 7.61. The molecule has 0 bridgehead atoms. The highest BCUT2D eigenvalue weighted by Crippen LogP contribution is 2.27. The van der Waals surface area contributed by atoms with Crippen LogP contribution in [-0.4, -0.2) is 44.2 Å². The van der Waals surface area contributed by atoms with E-state index < -0.39 is 5.60 Å². The average molecular weight is 447 g/mol. The number of aromatic nitrogens is 2. The average Bonchev–Trinajstić information content (AvgIpc) is 2.81. The first-order valence-corrected chi connectivity index (χ1v) is 11.3. The number of anilines is 1. The van der Waals surface area contributed by atoms with Gasteiger partial charge in [-0.05, 0) is 30.4 Å². The molecule has 1 amide bonds. The zero-order chi connectivity index (χ0) is 23.4. The monoisotopic (exact) mass is 446 g/mol. The number of aliphatic hydroxyl groups is 1. The van der Waals surface area contributed by atoms with Crippen molar-refractivity contribution in [2.75, 3.05) is 18.8 Å². The minimum atomic E-state index is -1.05. The molecule has 0 saturated carbocycles. The Hall–Kier alpha value is -3.45. The van der Waals surface area contributed by atoms with Gasteiger partial charge in [0.1, 0.15) is 0 Å². The maximum Gasteiger partial charge on any atom is 0.253 e. The standard InChI is InChI=1S/C26H30N4O3/c1-19(20-7-3-2-4-8-20)15-24(31)29-13-11-26(33,12-14-29)17-30-18-28-23(16-25(30)32)21-9-5-6-10-22(21)27/h2-10,16,18-19,33H,11-15,17,27H2,1H3. The van der Waals surface area contributed by atoms with Crippen molar-refractivity contribution in [1.29, 1.82) is 0 Å². The number of hydrogen-bond acceptors (Lipinski definition) is 5. The molecule has 3 aromatic rings. The van der Waals surface area contributed by atoms with Crippen molar-refractivity contribution >= 4 is 11.6 Å². The van der Waals surface area contributed by atoms with E-state index in [4.69, 9.17) is 5.73 Å². The van der Waals surface area contributed by atoms with Crippen molar-refractivity contribution < 1.29 is 9.90 Å². The number of likely N-dealkylation sites (tertiary alicyclic amines) is 1. The lowest BCUT2D eigenvalue weighted by molar-refractivity contribution is -0.136. The first kappa shape index (κ1) is 22.7. The number of carbonyl (C=O) groups is 1. The minimum Gasteiger partial charge on any atom is -0.398 e. The lowest BCUT2D eigenvalue weighted by Gasteiger charge is -2.38. The van der Waals surface area contributed by atoms with E-state index in [2.05, 4.69) is 11.9 Å². The molecular formula is C26H30N4O3. The van der Waals surface area contributed by atoms with Gasteiger partial charge in [0, 0.05) is 36.8 Å². The molecule has 33 heavy (non-hydrogen) atoms. The largest absolute Gasteiger partial charge is 0.398 e. The normalized spacial score (nSPS) is 16.4. The lowest BCUT2D eigenvalue weighted by atomic mass is 9.90. The third-order valence-corrected chi connectivity index (χ3v) is 6.48. The quantitative estimate of drug-likeness (QED) is 0.567. The van der Waals surface area contributed by atoms with Crippen molar-refractivity contribution in [2.45, 2.75) is 44.2 Å². The Kier molecular flexibility index (Phi) is 6.60. The van der Waals surface area contributed by atoms with Crippen LogP contribution < -0.4 is 11.3 Å². The third-order valence-electron chi connectivity index (χ3n) is 6.48. The highest BCUT2D eigenvalue weighted by molar-refractivity contribution is 5.77. The summed E-state index contributed by atoms with van der Waals surface area (Å²) in [4.78, 5) is 31.6. The maximum absolute atomic E-state index is 12.8. The van der Waals surface area contributed by atoms with Crippen LogP contribution in [0.2, 0.25) is 0 Å². The molecule has 0 radical (unpaired) electrons. The molecule has 3 N–H and O–H groups in total. The fourth-order valence-electron chi connectivity index (χ4n) is 4.36. The fraction of sp³-hybridized carbons (Fsp3) is 0.346. The van der Waals surface area contributed by atoms with Crippen LogP contribution >= 0.6 is 0 Å². The number of hydrogen-bond donors (Lipinski definition) is 2. The fourth-order valence-corrected chi connectivity index (χ4v) is 4.36. The van der Waals surface area contributed by atoms with Crippen LogP contribution in [0, 0.1) is 0 Å². The first-order chi connectivity index (χ1) is 15.8. The summed E-state index contributed by atoms with van der Waals surface area (Å²) in [5.74, 6) is 0.235. The summed E-state index contributed by atoms with van der Waals surface area (Å²) >= 11 is 0. The number of nitrogens with two attached hydrogens (primary N) is 1. The molecule has 1 saturated heterocycles. The molecule has 7 nitrogen and oxygen atoms in total. The van der Waals surface area contributed by atoms with E-state index in [-0.39, 0.29) is 23.9 Å². The third kappa shape index (κ3) is 5.31. The summed E-state index contributed by atoms with van der Waals surface area (Å²) in [6, 6.07) is 18.7. The SMILES string of the molecule is CC(CC(=O)N1CCC(O)(Cn2cnc(-c3ccccc3N)cc2=O)CC1)c1ccccc1. The Bertz CT molecular complexity index is 1170. The molecule has 1 aromatic heterocycles. The Morgan fingerprint density at radius 1 is 1.12 bits per heavy atom. The van der Waals surface area contributed by atoms with Gasteiger partial charge in [-0.25, -0.2) is 4.98 Å². The first-order valence-electron chi connectivity index (χ1n) is 11.3. The number of rotatable bonds is 6. The molecule has 0 spiro atoms. The smallest absolute Gasteiger partial charge is 0.253 e. The predicted octanol–water partition coefficient (Wildman–Crippen LogP) is 3.04. The van der Waals surface area contributed by atoms with Gasteiger partial charge >= 0.3 is 0 Å². The molecule has 1 atom stereocenters. The van der Waals surface area contributed by atoms with Crippen molar-refractivity contribution in [3.8, 4) is 11.3 Å². The van der Waals surface area contributed by atoms with Crippen molar-refractivity contribution in [3.05, 3.63) is 82.9 Å². The number of amides is 1. The van der Waals surface area contributed by atoms with Gasteiger partial charge in [0.2, 0.25) is 5.91 Å². The maximum atomic E-state index is 12.8. The van der Waals surface area contributed by atoms with E-state index >= 15 is 0 Å². The zero-order valence-electron chi connectivity index (χ0n) is 18.9.